The van der Waals surface area contributed by atoms with Crippen molar-refractivity contribution in [3.8, 4) is 0 Å². The van der Waals surface area contributed by atoms with Crippen molar-refractivity contribution in [1.82, 2.24) is 14.8 Å². The van der Waals surface area contributed by atoms with Crippen LogP contribution in [-0.2, 0) is 13.6 Å². The van der Waals surface area contributed by atoms with E-state index in [9.17, 15) is 0 Å². The Labute approximate surface area is 93.0 Å². The van der Waals surface area contributed by atoms with E-state index in [-0.39, 0.29) is 0 Å². The van der Waals surface area contributed by atoms with E-state index in [4.69, 9.17) is 0 Å². The van der Waals surface area contributed by atoms with Crippen molar-refractivity contribution >= 4 is 16.5 Å². The molecule has 2 aromatic rings. The highest BCUT2D eigenvalue weighted by atomic mass is 32.1. The molecule has 1 N–H and O–H groups in total. The molecule has 2 heterocycles. The van der Waals surface area contributed by atoms with Crippen LogP contribution in [0.3, 0.4) is 0 Å². The fourth-order valence-corrected chi connectivity index (χ4v) is 2.10. The van der Waals surface area contributed by atoms with E-state index >= 15 is 0 Å². The molecule has 0 saturated heterocycles. The Bertz CT molecular complexity index is 438. The number of rotatable bonds is 3. The first kappa shape index (κ1) is 10.2. The summed E-state index contributed by atoms with van der Waals surface area (Å²) in [6, 6.07) is 0. The van der Waals surface area contributed by atoms with Gasteiger partial charge in [0.15, 0.2) is 5.13 Å². The predicted molar refractivity (Wildman–Crippen MR) is 62.1 cm³/mol. The Morgan fingerprint density at radius 2 is 2.27 bits per heavy atom. The molecule has 0 spiro atoms. The van der Waals surface area contributed by atoms with Crippen molar-refractivity contribution in [2.45, 2.75) is 20.4 Å². The van der Waals surface area contributed by atoms with Crippen molar-refractivity contribution in [3.63, 3.8) is 0 Å². The monoisotopic (exact) mass is 222 g/mol. The maximum absolute atomic E-state index is 4.41. The molecular weight excluding hydrogens is 208 g/mol. The van der Waals surface area contributed by atoms with Gasteiger partial charge in [0.2, 0.25) is 0 Å². The maximum atomic E-state index is 4.41. The number of hydrogen-bond donors (Lipinski definition) is 1. The zero-order valence-corrected chi connectivity index (χ0v) is 9.93. The molecule has 0 aliphatic carbocycles. The Morgan fingerprint density at radius 3 is 2.80 bits per heavy atom. The molecule has 15 heavy (non-hydrogen) atoms. The van der Waals surface area contributed by atoms with Crippen LogP contribution < -0.4 is 5.32 Å². The van der Waals surface area contributed by atoms with E-state index in [1.165, 1.54) is 10.4 Å². The normalized spacial score (nSPS) is 10.6. The van der Waals surface area contributed by atoms with Crippen LogP contribution in [0.2, 0.25) is 0 Å². The second-order valence-corrected chi connectivity index (χ2v) is 4.74. The first-order valence-electron chi connectivity index (χ1n) is 4.80. The molecule has 0 bridgehead atoms. The number of anilines is 1. The van der Waals surface area contributed by atoms with Gasteiger partial charge in [0.1, 0.15) is 0 Å². The highest BCUT2D eigenvalue weighted by Gasteiger charge is 2.03. The van der Waals surface area contributed by atoms with E-state index in [1.54, 1.807) is 16.0 Å². The highest BCUT2D eigenvalue weighted by molar-refractivity contribution is 7.15. The van der Waals surface area contributed by atoms with Gasteiger partial charge in [-0.2, -0.15) is 5.10 Å². The van der Waals surface area contributed by atoms with Gasteiger partial charge in [-0.3, -0.25) is 4.68 Å². The van der Waals surface area contributed by atoms with E-state index in [0.29, 0.717) is 0 Å². The van der Waals surface area contributed by atoms with Gasteiger partial charge >= 0.3 is 0 Å². The van der Waals surface area contributed by atoms with Crippen LogP contribution in [0.15, 0.2) is 12.4 Å². The van der Waals surface area contributed by atoms with Crippen LogP contribution in [-0.4, -0.2) is 14.8 Å². The summed E-state index contributed by atoms with van der Waals surface area (Å²) < 4.78 is 1.80. The number of aromatic nitrogens is 3. The van der Waals surface area contributed by atoms with Gasteiger partial charge in [-0.1, -0.05) is 0 Å². The summed E-state index contributed by atoms with van der Waals surface area (Å²) in [5.41, 5.74) is 2.27. The molecule has 0 aliphatic rings. The largest absolute Gasteiger partial charge is 0.357 e. The lowest BCUT2D eigenvalue weighted by atomic mass is 10.4. The minimum Gasteiger partial charge on any atom is -0.357 e. The molecule has 0 fully saturated rings. The SMILES string of the molecule is Cc1nc(NCc2cnn(C)c2)sc1C. The lowest BCUT2D eigenvalue weighted by Crippen LogP contribution is -1.97. The summed E-state index contributed by atoms with van der Waals surface area (Å²) in [4.78, 5) is 5.68. The standard InChI is InChI=1S/C10H14N4S/c1-7-8(2)15-10(13-7)11-4-9-5-12-14(3)6-9/h5-6H,4H2,1-3H3,(H,11,13). The summed E-state index contributed by atoms with van der Waals surface area (Å²) >= 11 is 1.69. The highest BCUT2D eigenvalue weighted by Crippen LogP contribution is 2.21. The van der Waals surface area contributed by atoms with Crippen molar-refractivity contribution in [2.24, 2.45) is 7.05 Å². The average Bonchev–Trinajstić information content (AvgIpc) is 2.72. The molecular formula is C10H14N4S. The lowest BCUT2D eigenvalue weighted by molar-refractivity contribution is 0.767. The minimum absolute atomic E-state index is 0.778. The zero-order chi connectivity index (χ0) is 10.8. The van der Waals surface area contributed by atoms with Gasteiger partial charge in [0, 0.05) is 30.2 Å². The Kier molecular flexibility index (Phi) is 2.73. The van der Waals surface area contributed by atoms with Crippen LogP contribution in [0.1, 0.15) is 16.1 Å². The average molecular weight is 222 g/mol. The van der Waals surface area contributed by atoms with Crippen molar-refractivity contribution in [2.75, 3.05) is 5.32 Å². The topological polar surface area (TPSA) is 42.7 Å². The predicted octanol–water partition coefficient (Wildman–Crippen LogP) is 2.11. The molecule has 2 rings (SSSR count). The molecule has 0 amide bonds. The van der Waals surface area contributed by atoms with Crippen LogP contribution in [0.5, 0.6) is 0 Å². The third-order valence-electron chi connectivity index (χ3n) is 2.23. The number of thiazole rings is 1. The molecule has 0 unspecified atom stereocenters. The fourth-order valence-electron chi connectivity index (χ4n) is 1.29. The first-order chi connectivity index (χ1) is 7.15. The number of aryl methyl sites for hydroxylation is 3. The number of nitrogens with one attached hydrogen (secondary N) is 1. The number of hydrogen-bond acceptors (Lipinski definition) is 4. The van der Waals surface area contributed by atoms with Crippen molar-refractivity contribution < 1.29 is 0 Å². The van der Waals surface area contributed by atoms with Crippen molar-refractivity contribution in [3.05, 3.63) is 28.5 Å². The Morgan fingerprint density at radius 1 is 1.47 bits per heavy atom. The van der Waals surface area contributed by atoms with E-state index < -0.39 is 0 Å². The quantitative estimate of drug-likeness (QED) is 0.865. The molecule has 80 valence electrons. The molecule has 0 aliphatic heterocycles. The minimum atomic E-state index is 0.778. The third-order valence-corrected chi connectivity index (χ3v) is 3.26. The molecule has 0 atom stereocenters. The van der Waals surface area contributed by atoms with Crippen LogP contribution in [0.4, 0.5) is 5.13 Å². The first-order valence-corrected chi connectivity index (χ1v) is 5.62. The maximum Gasteiger partial charge on any atom is 0.183 e. The van der Waals surface area contributed by atoms with Gasteiger partial charge in [0.25, 0.3) is 0 Å². The van der Waals surface area contributed by atoms with Gasteiger partial charge in [-0.25, -0.2) is 4.98 Å². The molecule has 2 aromatic heterocycles. The van der Waals surface area contributed by atoms with E-state index in [1.807, 2.05) is 26.4 Å². The van der Waals surface area contributed by atoms with E-state index in [0.717, 1.165) is 17.4 Å². The van der Waals surface area contributed by atoms with Gasteiger partial charge < -0.3 is 5.32 Å². The summed E-state index contributed by atoms with van der Waals surface area (Å²) in [5, 5.41) is 8.38. The molecule has 0 radical (unpaired) electrons. The smallest absolute Gasteiger partial charge is 0.183 e. The Hall–Kier alpha value is -1.36. The fraction of sp³-hybridized carbons (Fsp3) is 0.400. The number of nitrogens with zero attached hydrogens (tertiary/aromatic N) is 3. The third kappa shape index (κ3) is 2.36. The Balaban J connectivity index is 1.99. The van der Waals surface area contributed by atoms with Gasteiger partial charge in [-0.05, 0) is 13.8 Å². The summed E-state index contributed by atoms with van der Waals surface area (Å²) in [6.45, 7) is 4.89. The van der Waals surface area contributed by atoms with Crippen molar-refractivity contribution in [1.29, 1.82) is 0 Å². The zero-order valence-electron chi connectivity index (χ0n) is 9.11. The molecule has 4 nitrogen and oxygen atoms in total. The van der Waals surface area contributed by atoms with Crippen LogP contribution >= 0.6 is 11.3 Å². The second-order valence-electron chi connectivity index (χ2n) is 3.54. The molecule has 0 aromatic carbocycles. The lowest BCUT2D eigenvalue weighted by Gasteiger charge is -1.98. The van der Waals surface area contributed by atoms with E-state index in [2.05, 4.69) is 22.3 Å². The second kappa shape index (κ2) is 4.02. The van der Waals surface area contributed by atoms with Crippen LogP contribution in [0, 0.1) is 13.8 Å². The summed E-state index contributed by atoms with van der Waals surface area (Å²) in [6.07, 6.45) is 3.86. The summed E-state index contributed by atoms with van der Waals surface area (Å²) in [5.74, 6) is 0. The summed E-state index contributed by atoms with van der Waals surface area (Å²) in [7, 11) is 1.92. The van der Waals surface area contributed by atoms with Crippen LogP contribution in [0.25, 0.3) is 0 Å². The molecule has 5 heteroatoms. The van der Waals surface area contributed by atoms with Gasteiger partial charge in [0.05, 0.1) is 11.9 Å². The molecule has 0 saturated carbocycles. The van der Waals surface area contributed by atoms with Gasteiger partial charge in [-0.15, -0.1) is 11.3 Å².